The van der Waals surface area contributed by atoms with E-state index in [1.807, 2.05) is 12.3 Å². The molecule has 1 aromatic heterocycles. The van der Waals surface area contributed by atoms with E-state index in [0.717, 1.165) is 5.01 Å². The number of nitrogens with zero attached hydrogens (tertiary/aromatic N) is 1. The summed E-state index contributed by atoms with van der Waals surface area (Å²) in [5.41, 5.74) is 6.16. The van der Waals surface area contributed by atoms with Gasteiger partial charge in [0, 0.05) is 21.7 Å². The van der Waals surface area contributed by atoms with Crippen LogP contribution >= 0.6 is 27.3 Å². The Kier molecular flexibility index (Phi) is 4.79. The maximum absolute atomic E-state index is 12.4. The molecular weight excluding hydrogens is 362 g/mol. The number of nitrogens with one attached hydrogen (secondary N) is 1. The average Bonchev–Trinajstić information content (AvgIpc) is 2.93. The number of anilines is 1. The molecule has 5 nitrogen and oxygen atoms in total. The number of rotatable bonds is 5. The minimum atomic E-state index is -3.61. The van der Waals surface area contributed by atoms with Gasteiger partial charge in [0.1, 0.15) is 5.01 Å². The van der Waals surface area contributed by atoms with Crippen LogP contribution in [0, 0.1) is 0 Å². The monoisotopic (exact) mass is 375 g/mol. The number of halogens is 1. The molecule has 0 radical (unpaired) electrons. The second-order valence-electron chi connectivity index (χ2n) is 4.14. The number of nitrogens with two attached hydrogens (primary N) is 1. The van der Waals surface area contributed by atoms with Gasteiger partial charge in [0.15, 0.2) is 0 Å². The van der Waals surface area contributed by atoms with Crippen LogP contribution in [0.2, 0.25) is 0 Å². The number of nitrogen functional groups attached to an aromatic ring is 1. The highest BCUT2D eigenvalue weighted by molar-refractivity contribution is 9.10. The van der Waals surface area contributed by atoms with Crippen LogP contribution < -0.4 is 10.5 Å². The van der Waals surface area contributed by atoms with Crippen LogP contribution in [0.25, 0.3) is 0 Å². The lowest BCUT2D eigenvalue weighted by molar-refractivity contribution is 0.549. The fraction of sp³-hybridized carbons (Fsp3) is 0.250. The third-order valence-electron chi connectivity index (χ3n) is 2.74. The lowest BCUT2D eigenvalue weighted by atomic mass is 10.3. The number of thiazole rings is 1. The number of hydrogen-bond donors (Lipinski definition) is 2. The van der Waals surface area contributed by atoms with E-state index in [9.17, 15) is 8.42 Å². The van der Waals surface area contributed by atoms with Crippen molar-refractivity contribution >= 4 is 43.0 Å². The third-order valence-corrected chi connectivity index (χ3v) is 5.78. The molecule has 1 heterocycles. The maximum Gasteiger partial charge on any atom is 0.241 e. The second-order valence-corrected chi connectivity index (χ2v) is 7.63. The summed E-state index contributed by atoms with van der Waals surface area (Å²) in [6, 6.07) is 4.21. The SMILES string of the molecule is CCC(NS(=O)(=O)c1ccc(N)c(Br)c1)c1nccs1. The van der Waals surface area contributed by atoms with Crippen molar-refractivity contribution in [2.75, 3.05) is 5.73 Å². The lowest BCUT2D eigenvalue weighted by Crippen LogP contribution is -2.28. The van der Waals surface area contributed by atoms with Crippen molar-refractivity contribution in [1.82, 2.24) is 9.71 Å². The third kappa shape index (κ3) is 3.38. The van der Waals surface area contributed by atoms with Gasteiger partial charge < -0.3 is 5.73 Å². The van der Waals surface area contributed by atoms with E-state index in [4.69, 9.17) is 5.73 Å². The van der Waals surface area contributed by atoms with Crippen molar-refractivity contribution in [3.8, 4) is 0 Å². The molecule has 1 unspecified atom stereocenters. The van der Waals surface area contributed by atoms with Crippen LogP contribution in [-0.4, -0.2) is 13.4 Å². The van der Waals surface area contributed by atoms with Crippen molar-refractivity contribution < 1.29 is 8.42 Å². The van der Waals surface area contributed by atoms with E-state index in [1.54, 1.807) is 12.3 Å². The fourth-order valence-electron chi connectivity index (χ4n) is 1.65. The van der Waals surface area contributed by atoms with E-state index < -0.39 is 10.0 Å². The Bertz CT molecular complexity index is 687. The minimum Gasteiger partial charge on any atom is -0.398 e. The van der Waals surface area contributed by atoms with Crippen molar-refractivity contribution in [3.63, 3.8) is 0 Å². The zero-order chi connectivity index (χ0) is 14.8. The Morgan fingerprint density at radius 2 is 2.25 bits per heavy atom. The molecule has 0 aliphatic carbocycles. The first kappa shape index (κ1) is 15.4. The normalized spacial score (nSPS) is 13.3. The highest BCUT2D eigenvalue weighted by Gasteiger charge is 2.22. The summed E-state index contributed by atoms with van der Waals surface area (Å²) < 4.78 is 28.0. The summed E-state index contributed by atoms with van der Waals surface area (Å²) in [4.78, 5) is 4.33. The van der Waals surface area contributed by atoms with Crippen molar-refractivity contribution in [3.05, 3.63) is 39.3 Å². The summed E-state index contributed by atoms with van der Waals surface area (Å²) in [6.07, 6.45) is 2.29. The van der Waals surface area contributed by atoms with E-state index in [1.165, 1.54) is 23.5 Å². The number of benzene rings is 1. The van der Waals surface area contributed by atoms with Crippen LogP contribution in [0.5, 0.6) is 0 Å². The molecule has 8 heteroatoms. The molecule has 20 heavy (non-hydrogen) atoms. The zero-order valence-corrected chi connectivity index (χ0v) is 13.9. The van der Waals surface area contributed by atoms with Gasteiger partial charge in [-0.1, -0.05) is 6.92 Å². The minimum absolute atomic E-state index is 0.175. The van der Waals surface area contributed by atoms with Crippen molar-refractivity contribution in [2.45, 2.75) is 24.3 Å². The number of aromatic nitrogens is 1. The number of hydrogen-bond acceptors (Lipinski definition) is 5. The van der Waals surface area contributed by atoms with Crippen molar-refractivity contribution in [2.24, 2.45) is 0 Å². The van der Waals surface area contributed by atoms with Gasteiger partial charge in [0.2, 0.25) is 10.0 Å². The highest BCUT2D eigenvalue weighted by atomic mass is 79.9. The summed E-state index contributed by atoms with van der Waals surface area (Å²) in [5.74, 6) is 0. The molecule has 108 valence electrons. The lowest BCUT2D eigenvalue weighted by Gasteiger charge is -2.15. The predicted octanol–water partition coefficient (Wildman–Crippen LogP) is 2.92. The highest BCUT2D eigenvalue weighted by Crippen LogP contribution is 2.25. The summed E-state index contributed by atoms with van der Waals surface area (Å²) in [7, 11) is -3.61. The molecule has 3 N–H and O–H groups in total. The summed E-state index contributed by atoms with van der Waals surface area (Å²) in [5, 5.41) is 2.58. The Hall–Kier alpha value is -0.960. The largest absolute Gasteiger partial charge is 0.398 e. The molecule has 0 saturated heterocycles. The molecule has 0 amide bonds. The molecular formula is C12H14BrN3O2S2. The Labute approximate surface area is 130 Å². The topological polar surface area (TPSA) is 85.1 Å². The molecule has 1 atom stereocenters. The van der Waals surface area contributed by atoms with Gasteiger partial charge in [0.25, 0.3) is 0 Å². The fourth-order valence-corrected chi connectivity index (χ4v) is 4.33. The van der Waals surface area contributed by atoms with Gasteiger partial charge in [-0.25, -0.2) is 18.1 Å². The van der Waals surface area contributed by atoms with Crippen LogP contribution in [-0.2, 0) is 10.0 Å². The summed E-state index contributed by atoms with van der Waals surface area (Å²) in [6.45, 7) is 1.91. The standard InChI is InChI=1S/C12H14BrN3O2S2/c1-2-11(12-15-5-6-19-12)16-20(17,18)8-3-4-10(14)9(13)7-8/h3-7,11,16H,2,14H2,1H3. The molecule has 0 aliphatic rings. The van der Waals surface area contributed by atoms with Crippen LogP contribution in [0.4, 0.5) is 5.69 Å². The molecule has 0 aliphatic heterocycles. The Morgan fingerprint density at radius 3 is 2.80 bits per heavy atom. The first-order valence-corrected chi connectivity index (χ1v) is 9.06. The molecule has 0 spiro atoms. The van der Waals surface area contributed by atoms with Gasteiger partial charge in [0.05, 0.1) is 10.9 Å². The van der Waals surface area contributed by atoms with Gasteiger partial charge in [-0.3, -0.25) is 0 Å². The number of sulfonamides is 1. The average molecular weight is 376 g/mol. The molecule has 0 saturated carbocycles. The Morgan fingerprint density at radius 1 is 1.50 bits per heavy atom. The zero-order valence-electron chi connectivity index (χ0n) is 10.7. The molecule has 2 aromatic rings. The molecule has 0 fully saturated rings. The van der Waals surface area contributed by atoms with Gasteiger partial charge >= 0.3 is 0 Å². The Balaban J connectivity index is 2.28. The second kappa shape index (κ2) is 6.21. The van der Waals surface area contributed by atoms with E-state index in [0.29, 0.717) is 16.6 Å². The summed E-state index contributed by atoms with van der Waals surface area (Å²) >= 11 is 4.66. The van der Waals surface area contributed by atoms with E-state index in [2.05, 4.69) is 25.6 Å². The van der Waals surface area contributed by atoms with Crippen LogP contribution in [0.1, 0.15) is 24.4 Å². The predicted molar refractivity (Wildman–Crippen MR) is 84.0 cm³/mol. The molecule has 2 rings (SSSR count). The van der Waals surface area contributed by atoms with Gasteiger partial charge in [-0.05, 0) is 40.5 Å². The van der Waals surface area contributed by atoms with Crippen LogP contribution in [0.3, 0.4) is 0 Å². The van der Waals surface area contributed by atoms with E-state index >= 15 is 0 Å². The first-order valence-electron chi connectivity index (χ1n) is 5.90. The van der Waals surface area contributed by atoms with Crippen LogP contribution in [0.15, 0.2) is 39.1 Å². The maximum atomic E-state index is 12.4. The van der Waals surface area contributed by atoms with E-state index in [-0.39, 0.29) is 10.9 Å². The quantitative estimate of drug-likeness (QED) is 0.786. The smallest absolute Gasteiger partial charge is 0.241 e. The van der Waals surface area contributed by atoms with Gasteiger partial charge in [-0.15, -0.1) is 11.3 Å². The van der Waals surface area contributed by atoms with Crippen molar-refractivity contribution in [1.29, 1.82) is 0 Å². The molecule has 0 bridgehead atoms. The first-order chi connectivity index (χ1) is 9.44. The molecule has 1 aromatic carbocycles. The van der Waals surface area contributed by atoms with Gasteiger partial charge in [-0.2, -0.15) is 0 Å².